The number of hydrogen-bond acceptors (Lipinski definition) is 8. The number of ketones is 1. The molecule has 0 fully saturated rings. The molecule has 0 unspecified atom stereocenters. The molecule has 1 atom stereocenters. The maximum absolute atomic E-state index is 11.4. The summed E-state index contributed by atoms with van der Waals surface area (Å²) in [6.45, 7) is 1.61. The number of hydrogen-bond donors (Lipinski definition) is 1. The molecule has 1 aromatic carbocycles. The second kappa shape index (κ2) is 8.48. The fraction of sp³-hybridized carbons (Fsp3) is 0.278. The summed E-state index contributed by atoms with van der Waals surface area (Å²) in [5.74, 6) is 1.35. The average Bonchev–Trinajstić information content (AvgIpc) is 3.13. The first-order valence-electron chi connectivity index (χ1n) is 7.89. The van der Waals surface area contributed by atoms with Crippen molar-refractivity contribution in [2.45, 2.75) is 18.1 Å². The first kappa shape index (κ1) is 18.6. The van der Waals surface area contributed by atoms with Crippen molar-refractivity contribution < 1.29 is 19.4 Å². The van der Waals surface area contributed by atoms with Gasteiger partial charge in [0.1, 0.15) is 18.0 Å². The normalized spacial score (nSPS) is 12.1. The summed E-state index contributed by atoms with van der Waals surface area (Å²) in [4.78, 5) is 19.9. The van der Waals surface area contributed by atoms with Gasteiger partial charge >= 0.3 is 0 Å². The van der Waals surface area contributed by atoms with E-state index in [0.717, 1.165) is 15.2 Å². The SMILES string of the molecule is COc1cc(C(C)=O)ccc1OC[C@H](O)CSc1ncnc2ccsc12. The van der Waals surface area contributed by atoms with Crippen molar-refractivity contribution in [2.24, 2.45) is 0 Å². The van der Waals surface area contributed by atoms with E-state index >= 15 is 0 Å². The topological polar surface area (TPSA) is 81.5 Å². The molecule has 0 bridgehead atoms. The number of thioether (sulfide) groups is 1. The number of nitrogens with zero attached hydrogens (tertiary/aromatic N) is 2. The molecule has 0 amide bonds. The Morgan fingerprint density at radius 2 is 2.15 bits per heavy atom. The number of carbonyl (C=O) groups excluding carboxylic acids is 1. The molecule has 0 radical (unpaired) electrons. The Morgan fingerprint density at radius 1 is 1.31 bits per heavy atom. The predicted molar refractivity (Wildman–Crippen MR) is 103 cm³/mol. The highest BCUT2D eigenvalue weighted by atomic mass is 32.2. The van der Waals surface area contributed by atoms with Crippen molar-refractivity contribution in [3.05, 3.63) is 41.5 Å². The minimum Gasteiger partial charge on any atom is -0.493 e. The van der Waals surface area contributed by atoms with Crippen molar-refractivity contribution in [1.82, 2.24) is 9.97 Å². The molecule has 0 aliphatic heterocycles. The summed E-state index contributed by atoms with van der Waals surface area (Å²) in [6.07, 6.45) is 0.851. The van der Waals surface area contributed by atoms with Crippen LogP contribution in [0.25, 0.3) is 10.2 Å². The van der Waals surface area contributed by atoms with Gasteiger partial charge in [-0.15, -0.1) is 23.1 Å². The van der Waals surface area contributed by atoms with E-state index in [9.17, 15) is 9.90 Å². The van der Waals surface area contributed by atoms with Gasteiger partial charge in [-0.1, -0.05) is 0 Å². The van der Waals surface area contributed by atoms with Crippen LogP contribution >= 0.6 is 23.1 Å². The minimum absolute atomic E-state index is 0.0453. The van der Waals surface area contributed by atoms with Crippen molar-refractivity contribution in [2.75, 3.05) is 19.5 Å². The summed E-state index contributed by atoms with van der Waals surface area (Å²) in [6, 6.07) is 6.93. The molecule has 26 heavy (non-hydrogen) atoms. The fourth-order valence-corrected chi connectivity index (χ4v) is 4.14. The van der Waals surface area contributed by atoms with E-state index in [1.807, 2.05) is 11.4 Å². The van der Waals surface area contributed by atoms with E-state index < -0.39 is 6.10 Å². The molecule has 1 N–H and O–H groups in total. The smallest absolute Gasteiger partial charge is 0.161 e. The van der Waals surface area contributed by atoms with Gasteiger partial charge in [0.25, 0.3) is 0 Å². The van der Waals surface area contributed by atoms with Gasteiger partial charge in [-0.05, 0) is 36.6 Å². The van der Waals surface area contributed by atoms with Crippen LogP contribution in [0.15, 0.2) is 41.0 Å². The van der Waals surface area contributed by atoms with Crippen molar-refractivity contribution in [3.8, 4) is 11.5 Å². The van der Waals surface area contributed by atoms with E-state index in [0.29, 0.717) is 22.8 Å². The molecule has 0 aliphatic carbocycles. The Balaban J connectivity index is 1.58. The lowest BCUT2D eigenvalue weighted by Crippen LogP contribution is -2.20. The standard InChI is InChI=1S/C18H18N2O4S2/c1-11(21)12-3-4-15(16(7-12)23-2)24-8-13(22)9-26-18-17-14(5-6-25-17)19-10-20-18/h3-7,10,13,22H,8-9H2,1-2H3/t13-/m0/s1. The molecule has 6 nitrogen and oxygen atoms in total. The zero-order valence-corrected chi connectivity index (χ0v) is 16.0. The lowest BCUT2D eigenvalue weighted by molar-refractivity contribution is 0.101. The number of fused-ring (bicyclic) bond motifs is 1. The lowest BCUT2D eigenvalue weighted by Gasteiger charge is -2.14. The molecule has 2 aromatic heterocycles. The van der Waals surface area contributed by atoms with Crippen LogP contribution in [0.1, 0.15) is 17.3 Å². The summed E-state index contributed by atoms with van der Waals surface area (Å²) in [5, 5.41) is 13.0. The summed E-state index contributed by atoms with van der Waals surface area (Å²) < 4.78 is 11.9. The van der Waals surface area contributed by atoms with Gasteiger partial charge in [-0.2, -0.15) is 0 Å². The van der Waals surface area contributed by atoms with Crippen LogP contribution < -0.4 is 9.47 Å². The number of aromatic nitrogens is 2. The number of thiophene rings is 1. The van der Waals surface area contributed by atoms with Gasteiger partial charge in [0.15, 0.2) is 17.3 Å². The number of rotatable bonds is 8. The number of aliphatic hydroxyl groups excluding tert-OH is 1. The second-order valence-corrected chi connectivity index (χ2v) is 7.44. The van der Waals surface area contributed by atoms with Crippen molar-refractivity contribution in [3.63, 3.8) is 0 Å². The lowest BCUT2D eigenvalue weighted by atomic mass is 10.1. The van der Waals surface area contributed by atoms with Crippen LogP contribution in [0.4, 0.5) is 0 Å². The van der Waals surface area contributed by atoms with E-state index in [-0.39, 0.29) is 12.4 Å². The van der Waals surface area contributed by atoms with Gasteiger partial charge < -0.3 is 14.6 Å². The van der Waals surface area contributed by atoms with E-state index in [4.69, 9.17) is 9.47 Å². The number of carbonyl (C=O) groups is 1. The van der Waals surface area contributed by atoms with Crippen molar-refractivity contribution >= 4 is 39.1 Å². The largest absolute Gasteiger partial charge is 0.493 e. The maximum atomic E-state index is 11.4. The highest BCUT2D eigenvalue weighted by Gasteiger charge is 2.13. The Hall–Kier alpha value is -2.16. The second-order valence-electron chi connectivity index (χ2n) is 5.51. The van der Waals surface area contributed by atoms with E-state index in [2.05, 4.69) is 9.97 Å². The number of ether oxygens (including phenoxy) is 2. The van der Waals surface area contributed by atoms with Gasteiger partial charge in [0, 0.05) is 11.3 Å². The van der Waals surface area contributed by atoms with Crippen LogP contribution in [0.3, 0.4) is 0 Å². The summed E-state index contributed by atoms with van der Waals surface area (Å²) in [5.41, 5.74) is 1.46. The third-order valence-electron chi connectivity index (χ3n) is 3.62. The Bertz CT molecular complexity index is 913. The minimum atomic E-state index is -0.679. The molecule has 3 aromatic rings. The monoisotopic (exact) mass is 390 g/mol. The highest BCUT2D eigenvalue weighted by Crippen LogP contribution is 2.30. The molecule has 8 heteroatoms. The zero-order chi connectivity index (χ0) is 18.5. The first-order chi connectivity index (χ1) is 12.6. The van der Waals surface area contributed by atoms with Gasteiger partial charge in [0.05, 0.1) is 23.4 Å². The third kappa shape index (κ3) is 4.32. The number of Topliss-reactive ketones (excluding diaryl/α,β-unsaturated/α-hetero) is 1. The third-order valence-corrected chi connectivity index (χ3v) is 5.80. The van der Waals surface area contributed by atoms with Gasteiger partial charge in [0.2, 0.25) is 0 Å². The average molecular weight is 390 g/mol. The van der Waals surface area contributed by atoms with Crippen LogP contribution in [0.5, 0.6) is 11.5 Å². The molecule has 0 saturated heterocycles. The summed E-state index contributed by atoms with van der Waals surface area (Å²) in [7, 11) is 1.51. The van der Waals surface area contributed by atoms with E-state index in [1.165, 1.54) is 32.1 Å². The zero-order valence-electron chi connectivity index (χ0n) is 14.3. The Morgan fingerprint density at radius 3 is 2.92 bits per heavy atom. The van der Waals surface area contributed by atoms with Crippen LogP contribution in [-0.2, 0) is 0 Å². The molecule has 2 heterocycles. The van der Waals surface area contributed by atoms with Gasteiger partial charge in [-0.3, -0.25) is 4.79 Å². The number of benzene rings is 1. The number of aliphatic hydroxyl groups is 1. The quantitative estimate of drug-likeness (QED) is 0.358. The van der Waals surface area contributed by atoms with Crippen LogP contribution in [-0.4, -0.2) is 46.4 Å². The number of methoxy groups -OCH3 is 1. The molecule has 0 spiro atoms. The highest BCUT2D eigenvalue weighted by molar-refractivity contribution is 7.99. The molecular formula is C18H18N2O4S2. The molecule has 0 aliphatic rings. The summed E-state index contributed by atoms with van der Waals surface area (Å²) >= 11 is 3.05. The van der Waals surface area contributed by atoms with Crippen LogP contribution in [0, 0.1) is 0 Å². The molecule has 136 valence electrons. The van der Waals surface area contributed by atoms with E-state index in [1.54, 1.807) is 29.5 Å². The molecule has 3 rings (SSSR count). The fourth-order valence-electron chi connectivity index (χ4n) is 2.28. The van der Waals surface area contributed by atoms with Gasteiger partial charge in [-0.25, -0.2) is 9.97 Å². The van der Waals surface area contributed by atoms with Crippen molar-refractivity contribution in [1.29, 1.82) is 0 Å². The Labute approximate surface area is 159 Å². The Kier molecular flexibility index (Phi) is 6.08. The molecule has 0 saturated carbocycles. The molecular weight excluding hydrogens is 372 g/mol. The first-order valence-corrected chi connectivity index (χ1v) is 9.76. The maximum Gasteiger partial charge on any atom is 0.161 e. The van der Waals surface area contributed by atoms with Crippen LogP contribution in [0.2, 0.25) is 0 Å². The predicted octanol–water partition coefficient (Wildman–Crippen LogP) is 3.43.